The van der Waals surface area contributed by atoms with E-state index in [1.54, 1.807) is 12.1 Å². The highest BCUT2D eigenvalue weighted by Crippen LogP contribution is 2.34. The molecule has 106 valence electrons. The van der Waals surface area contributed by atoms with E-state index in [4.69, 9.17) is 0 Å². The molecule has 1 aromatic heterocycles. The molecule has 2 aromatic rings. The molecule has 3 rings (SSSR count). The van der Waals surface area contributed by atoms with Crippen LogP contribution in [0.3, 0.4) is 0 Å². The Morgan fingerprint density at radius 3 is 2.95 bits per heavy atom. The molecule has 0 saturated heterocycles. The van der Waals surface area contributed by atoms with Crippen molar-refractivity contribution in [3.63, 3.8) is 0 Å². The second-order valence-corrected chi connectivity index (χ2v) is 5.60. The molecule has 0 saturated carbocycles. The number of aromatic nitrogens is 2. The summed E-state index contributed by atoms with van der Waals surface area (Å²) in [4.78, 5) is 0. The lowest BCUT2D eigenvalue weighted by atomic mass is 10.0. The smallest absolute Gasteiger partial charge is 0.126 e. The normalized spacial score (nSPS) is 19.1. The van der Waals surface area contributed by atoms with Gasteiger partial charge in [-0.25, -0.2) is 4.39 Å². The Morgan fingerprint density at radius 1 is 1.45 bits per heavy atom. The molecule has 0 bridgehead atoms. The van der Waals surface area contributed by atoms with Crippen LogP contribution in [0, 0.1) is 12.7 Å². The Balaban J connectivity index is 1.81. The van der Waals surface area contributed by atoms with Gasteiger partial charge in [0.05, 0.1) is 6.20 Å². The Labute approximate surface area is 118 Å². The van der Waals surface area contributed by atoms with Crippen molar-refractivity contribution in [3.8, 4) is 0 Å². The van der Waals surface area contributed by atoms with E-state index >= 15 is 0 Å². The van der Waals surface area contributed by atoms with E-state index in [1.807, 2.05) is 24.0 Å². The lowest BCUT2D eigenvalue weighted by molar-refractivity contribution is 0.463. The monoisotopic (exact) mass is 273 g/mol. The van der Waals surface area contributed by atoms with Crippen molar-refractivity contribution >= 4 is 0 Å². The molecule has 0 fully saturated rings. The molecule has 3 nitrogen and oxygen atoms in total. The third-order valence-electron chi connectivity index (χ3n) is 4.40. The van der Waals surface area contributed by atoms with Gasteiger partial charge in [0.2, 0.25) is 0 Å². The zero-order chi connectivity index (χ0) is 14.3. The first-order valence-electron chi connectivity index (χ1n) is 7.09. The van der Waals surface area contributed by atoms with Gasteiger partial charge in [0.15, 0.2) is 0 Å². The number of aryl methyl sites for hydroxylation is 1. The van der Waals surface area contributed by atoms with Gasteiger partial charge < -0.3 is 5.32 Å². The largest absolute Gasteiger partial charge is 0.303 e. The van der Waals surface area contributed by atoms with E-state index in [0.29, 0.717) is 0 Å². The number of halogens is 1. The Morgan fingerprint density at radius 2 is 2.25 bits per heavy atom. The van der Waals surface area contributed by atoms with Crippen LogP contribution in [-0.2, 0) is 13.5 Å². The first-order chi connectivity index (χ1) is 9.58. The van der Waals surface area contributed by atoms with E-state index in [0.717, 1.165) is 24.0 Å². The number of rotatable bonds is 3. The molecule has 1 aliphatic carbocycles. The summed E-state index contributed by atoms with van der Waals surface area (Å²) in [7, 11) is 1.95. The van der Waals surface area contributed by atoms with Crippen molar-refractivity contribution in [2.45, 2.75) is 38.8 Å². The summed E-state index contributed by atoms with van der Waals surface area (Å²) in [5, 5.41) is 7.90. The van der Waals surface area contributed by atoms with Gasteiger partial charge >= 0.3 is 0 Å². The number of nitrogens with one attached hydrogen (secondary N) is 1. The third-order valence-corrected chi connectivity index (χ3v) is 4.40. The van der Waals surface area contributed by atoms with E-state index in [9.17, 15) is 4.39 Å². The number of hydrogen-bond donors (Lipinski definition) is 1. The molecule has 1 aromatic carbocycles. The zero-order valence-electron chi connectivity index (χ0n) is 12.2. The van der Waals surface area contributed by atoms with E-state index < -0.39 is 0 Å². The van der Waals surface area contributed by atoms with Crippen LogP contribution in [0.25, 0.3) is 0 Å². The fraction of sp³-hybridized carbons (Fsp3) is 0.438. The summed E-state index contributed by atoms with van der Waals surface area (Å²) in [6.45, 7) is 4.21. The molecule has 1 heterocycles. The Hall–Kier alpha value is -1.68. The zero-order valence-corrected chi connectivity index (χ0v) is 12.2. The number of nitrogens with zero attached hydrogens (tertiary/aromatic N) is 2. The van der Waals surface area contributed by atoms with Gasteiger partial charge in [-0.15, -0.1) is 0 Å². The molecule has 1 aliphatic rings. The number of benzene rings is 1. The molecule has 0 amide bonds. The number of fused-ring (bicyclic) bond motifs is 1. The fourth-order valence-electron chi connectivity index (χ4n) is 3.12. The molecule has 0 spiro atoms. The molecule has 2 unspecified atom stereocenters. The van der Waals surface area contributed by atoms with Crippen LogP contribution in [-0.4, -0.2) is 9.78 Å². The minimum atomic E-state index is -0.0722. The van der Waals surface area contributed by atoms with Gasteiger partial charge in [-0.2, -0.15) is 5.10 Å². The minimum Gasteiger partial charge on any atom is -0.303 e. The third kappa shape index (κ3) is 2.14. The van der Waals surface area contributed by atoms with Gasteiger partial charge in [0, 0.05) is 30.4 Å². The Kier molecular flexibility index (Phi) is 3.34. The molecule has 1 N–H and O–H groups in total. The van der Waals surface area contributed by atoms with Crippen molar-refractivity contribution in [1.29, 1.82) is 0 Å². The van der Waals surface area contributed by atoms with Crippen LogP contribution >= 0.6 is 0 Å². The highest BCUT2D eigenvalue weighted by atomic mass is 19.1. The highest BCUT2D eigenvalue weighted by Gasteiger charge is 2.26. The molecule has 20 heavy (non-hydrogen) atoms. The highest BCUT2D eigenvalue weighted by molar-refractivity contribution is 5.36. The molecule has 4 heteroatoms. The lowest BCUT2D eigenvalue weighted by Crippen LogP contribution is -2.23. The first kappa shape index (κ1) is 13.3. The van der Waals surface area contributed by atoms with Gasteiger partial charge in [-0.1, -0.05) is 12.1 Å². The predicted molar refractivity (Wildman–Crippen MR) is 77.0 cm³/mol. The first-order valence-corrected chi connectivity index (χ1v) is 7.09. The predicted octanol–water partition coefficient (Wildman–Crippen LogP) is 3.21. The van der Waals surface area contributed by atoms with Gasteiger partial charge in [0.1, 0.15) is 5.82 Å². The maximum absolute atomic E-state index is 13.8. The van der Waals surface area contributed by atoms with Crippen molar-refractivity contribution in [3.05, 3.63) is 52.6 Å². The summed E-state index contributed by atoms with van der Waals surface area (Å²) in [6.07, 6.45) is 3.69. The van der Waals surface area contributed by atoms with Gasteiger partial charge in [-0.3, -0.25) is 4.68 Å². The quantitative estimate of drug-likeness (QED) is 0.930. The van der Waals surface area contributed by atoms with Gasteiger partial charge in [-0.05, 0) is 43.9 Å². The van der Waals surface area contributed by atoms with Crippen LogP contribution in [0.1, 0.15) is 47.8 Å². The molecule has 2 atom stereocenters. The molecule has 0 radical (unpaired) electrons. The molecular weight excluding hydrogens is 253 g/mol. The van der Waals surface area contributed by atoms with Crippen molar-refractivity contribution in [1.82, 2.24) is 15.1 Å². The van der Waals surface area contributed by atoms with Crippen LogP contribution in [0.4, 0.5) is 4.39 Å². The van der Waals surface area contributed by atoms with E-state index in [1.165, 1.54) is 11.3 Å². The van der Waals surface area contributed by atoms with E-state index in [-0.39, 0.29) is 17.9 Å². The number of hydrogen-bond acceptors (Lipinski definition) is 2. The summed E-state index contributed by atoms with van der Waals surface area (Å²) < 4.78 is 15.6. The average molecular weight is 273 g/mol. The van der Waals surface area contributed by atoms with Crippen molar-refractivity contribution < 1.29 is 4.39 Å². The lowest BCUT2D eigenvalue weighted by Gasteiger charge is -2.20. The van der Waals surface area contributed by atoms with Crippen molar-refractivity contribution in [2.75, 3.05) is 0 Å². The average Bonchev–Trinajstić information content (AvgIpc) is 2.97. The fourth-order valence-corrected chi connectivity index (χ4v) is 3.12. The summed E-state index contributed by atoms with van der Waals surface area (Å²) >= 11 is 0. The second kappa shape index (κ2) is 5.02. The maximum Gasteiger partial charge on any atom is 0.126 e. The minimum absolute atomic E-state index is 0.0722. The second-order valence-electron chi connectivity index (χ2n) is 5.60. The van der Waals surface area contributed by atoms with Crippen LogP contribution in [0.2, 0.25) is 0 Å². The van der Waals surface area contributed by atoms with Crippen LogP contribution in [0.5, 0.6) is 0 Å². The molecular formula is C16H20FN3. The SMILES string of the molecule is Cc1c(C(C)NC2CCc3c(F)cccc32)cnn1C. The topological polar surface area (TPSA) is 29.9 Å². The molecule has 0 aliphatic heterocycles. The maximum atomic E-state index is 13.8. The van der Waals surface area contributed by atoms with Crippen LogP contribution < -0.4 is 5.32 Å². The standard InChI is InChI=1S/C16H20FN3/c1-10(14-9-18-20(3)11(14)2)19-16-8-7-12-13(16)5-4-6-15(12)17/h4-6,9-10,16,19H,7-8H2,1-3H3. The summed E-state index contributed by atoms with van der Waals surface area (Å²) in [5.41, 5.74) is 4.36. The van der Waals surface area contributed by atoms with Crippen LogP contribution in [0.15, 0.2) is 24.4 Å². The summed E-state index contributed by atoms with van der Waals surface area (Å²) in [5.74, 6) is -0.0722. The van der Waals surface area contributed by atoms with Gasteiger partial charge in [0.25, 0.3) is 0 Å². The Bertz CT molecular complexity index is 633. The van der Waals surface area contributed by atoms with Crippen molar-refractivity contribution in [2.24, 2.45) is 7.05 Å². The summed E-state index contributed by atoms with van der Waals surface area (Å²) in [6, 6.07) is 5.83. The van der Waals surface area contributed by atoms with E-state index in [2.05, 4.69) is 24.3 Å².